The van der Waals surface area contributed by atoms with E-state index in [1.807, 2.05) is 12.4 Å². The maximum Gasteiger partial charge on any atom is 0.337 e. The summed E-state index contributed by atoms with van der Waals surface area (Å²) >= 11 is 2.23. The highest BCUT2D eigenvalue weighted by molar-refractivity contribution is 14.1. The van der Waals surface area contributed by atoms with Gasteiger partial charge in [0.15, 0.2) is 0 Å². The Hall–Kier alpha value is -1.11. The fourth-order valence-corrected chi connectivity index (χ4v) is 2.85. The second-order valence-corrected chi connectivity index (χ2v) is 5.77. The zero-order valence-electron chi connectivity index (χ0n) is 10.6. The molecule has 0 N–H and O–H groups in total. The van der Waals surface area contributed by atoms with Crippen LogP contribution in [0.3, 0.4) is 0 Å². The van der Waals surface area contributed by atoms with Crippen LogP contribution in [-0.2, 0) is 11.3 Å². The largest absolute Gasteiger partial charge is 0.465 e. The molecule has 0 aliphatic rings. The van der Waals surface area contributed by atoms with E-state index in [1.165, 1.54) is 7.11 Å². The Morgan fingerprint density at radius 3 is 2.83 bits per heavy atom. The predicted octanol–water partition coefficient (Wildman–Crippen LogP) is 3.08. The second-order valence-electron chi connectivity index (χ2n) is 4.61. The van der Waals surface area contributed by atoms with Crippen LogP contribution in [0.25, 0.3) is 11.0 Å². The molecule has 4 nitrogen and oxygen atoms in total. The Labute approximate surface area is 119 Å². The van der Waals surface area contributed by atoms with Gasteiger partial charge in [0.1, 0.15) is 0 Å². The van der Waals surface area contributed by atoms with Crippen molar-refractivity contribution >= 4 is 39.6 Å². The molecule has 1 heterocycles. The van der Waals surface area contributed by atoms with E-state index in [4.69, 9.17) is 4.74 Å². The van der Waals surface area contributed by atoms with Gasteiger partial charge in [0.05, 0.1) is 30.0 Å². The Bertz CT molecular complexity index is 590. The summed E-state index contributed by atoms with van der Waals surface area (Å²) in [7, 11) is 1.39. The molecule has 0 radical (unpaired) electrons. The Kier molecular flexibility index (Phi) is 3.89. The van der Waals surface area contributed by atoms with Gasteiger partial charge in [-0.25, -0.2) is 9.78 Å². The molecular formula is C13H15IN2O2. The number of nitrogens with zero attached hydrogens (tertiary/aromatic N) is 2. The number of carbonyl (C=O) groups excluding carboxylic acids is 1. The van der Waals surface area contributed by atoms with Gasteiger partial charge in [0.25, 0.3) is 0 Å². The van der Waals surface area contributed by atoms with E-state index in [-0.39, 0.29) is 5.97 Å². The van der Waals surface area contributed by atoms with Crippen LogP contribution in [0.1, 0.15) is 24.2 Å². The molecule has 0 aliphatic heterocycles. The van der Waals surface area contributed by atoms with E-state index >= 15 is 0 Å². The van der Waals surface area contributed by atoms with E-state index in [2.05, 4.69) is 46.0 Å². The van der Waals surface area contributed by atoms with Crippen molar-refractivity contribution in [3.63, 3.8) is 0 Å². The lowest BCUT2D eigenvalue weighted by atomic mass is 10.2. The lowest BCUT2D eigenvalue weighted by Gasteiger charge is -2.09. The van der Waals surface area contributed by atoms with Crippen LogP contribution < -0.4 is 0 Å². The first kappa shape index (κ1) is 13.3. The van der Waals surface area contributed by atoms with E-state index in [1.54, 1.807) is 6.07 Å². The van der Waals surface area contributed by atoms with Crippen molar-refractivity contribution in [1.82, 2.24) is 9.55 Å². The van der Waals surface area contributed by atoms with Gasteiger partial charge in [-0.05, 0) is 40.6 Å². The Balaban J connectivity index is 2.53. The zero-order chi connectivity index (χ0) is 13.3. The van der Waals surface area contributed by atoms with Crippen molar-refractivity contribution in [2.24, 2.45) is 5.92 Å². The first-order valence-corrected chi connectivity index (χ1v) is 6.83. The van der Waals surface area contributed by atoms with Crippen LogP contribution in [-0.4, -0.2) is 22.6 Å². The van der Waals surface area contributed by atoms with Crippen LogP contribution in [0.15, 0.2) is 18.5 Å². The fraction of sp³-hybridized carbons (Fsp3) is 0.385. The van der Waals surface area contributed by atoms with Crippen LogP contribution in [0.2, 0.25) is 0 Å². The number of aromatic nitrogens is 2. The minimum Gasteiger partial charge on any atom is -0.465 e. The number of hydrogen-bond donors (Lipinski definition) is 0. The molecule has 1 aromatic carbocycles. The SMILES string of the molecule is COC(=O)c1cc(I)c2c(c1)ncn2CC(C)C. The summed E-state index contributed by atoms with van der Waals surface area (Å²) < 4.78 is 7.88. The molecule has 0 amide bonds. The maximum atomic E-state index is 11.5. The number of fused-ring (bicyclic) bond motifs is 1. The molecule has 2 rings (SSSR count). The van der Waals surface area contributed by atoms with Crippen molar-refractivity contribution in [2.45, 2.75) is 20.4 Å². The average Bonchev–Trinajstić information content (AvgIpc) is 2.71. The molecule has 18 heavy (non-hydrogen) atoms. The maximum absolute atomic E-state index is 11.5. The van der Waals surface area contributed by atoms with Crippen molar-refractivity contribution < 1.29 is 9.53 Å². The summed E-state index contributed by atoms with van der Waals surface area (Å²) in [6, 6.07) is 3.62. The molecule has 0 bridgehead atoms. The third-order valence-electron chi connectivity index (χ3n) is 2.65. The smallest absolute Gasteiger partial charge is 0.337 e. The van der Waals surface area contributed by atoms with Gasteiger partial charge in [0, 0.05) is 10.1 Å². The third-order valence-corrected chi connectivity index (χ3v) is 3.47. The number of imidazole rings is 1. The Morgan fingerprint density at radius 2 is 2.22 bits per heavy atom. The predicted molar refractivity (Wildman–Crippen MR) is 78.6 cm³/mol. The number of hydrogen-bond acceptors (Lipinski definition) is 3. The van der Waals surface area contributed by atoms with E-state index in [0.717, 1.165) is 21.1 Å². The normalized spacial score (nSPS) is 11.2. The molecule has 1 aromatic heterocycles. The summed E-state index contributed by atoms with van der Waals surface area (Å²) in [4.78, 5) is 15.9. The number of halogens is 1. The van der Waals surface area contributed by atoms with Gasteiger partial charge in [-0.1, -0.05) is 13.8 Å². The highest BCUT2D eigenvalue weighted by Crippen LogP contribution is 2.23. The lowest BCUT2D eigenvalue weighted by molar-refractivity contribution is 0.0601. The summed E-state index contributed by atoms with van der Waals surface area (Å²) in [6.07, 6.45) is 1.83. The van der Waals surface area contributed by atoms with Crippen LogP contribution >= 0.6 is 22.6 Å². The van der Waals surface area contributed by atoms with Crippen LogP contribution in [0.4, 0.5) is 0 Å². The molecule has 0 unspecified atom stereocenters. The number of ether oxygens (including phenoxy) is 1. The standard InChI is InChI=1S/C13H15IN2O2/c1-8(2)6-16-7-15-11-5-9(13(17)18-3)4-10(14)12(11)16/h4-5,7-8H,6H2,1-3H3. The van der Waals surface area contributed by atoms with Gasteiger partial charge in [0.2, 0.25) is 0 Å². The molecule has 96 valence electrons. The van der Waals surface area contributed by atoms with Gasteiger partial charge in [-0.2, -0.15) is 0 Å². The van der Waals surface area contributed by atoms with Crippen LogP contribution in [0.5, 0.6) is 0 Å². The molecule has 0 atom stereocenters. The number of benzene rings is 1. The van der Waals surface area contributed by atoms with Crippen LogP contribution in [0, 0.1) is 9.49 Å². The molecule has 0 saturated heterocycles. The average molecular weight is 358 g/mol. The minimum atomic E-state index is -0.326. The van der Waals surface area contributed by atoms with Crippen molar-refractivity contribution in [2.75, 3.05) is 7.11 Å². The Morgan fingerprint density at radius 1 is 1.50 bits per heavy atom. The second kappa shape index (κ2) is 5.26. The first-order chi connectivity index (χ1) is 8.52. The monoisotopic (exact) mass is 358 g/mol. The first-order valence-electron chi connectivity index (χ1n) is 5.75. The lowest BCUT2D eigenvalue weighted by Crippen LogP contribution is -2.05. The van der Waals surface area contributed by atoms with Crippen molar-refractivity contribution in [3.8, 4) is 0 Å². The highest BCUT2D eigenvalue weighted by atomic mass is 127. The van der Waals surface area contributed by atoms with Gasteiger partial charge in [-0.3, -0.25) is 0 Å². The number of carbonyl (C=O) groups is 1. The highest BCUT2D eigenvalue weighted by Gasteiger charge is 2.13. The summed E-state index contributed by atoms with van der Waals surface area (Å²) in [5.41, 5.74) is 2.46. The summed E-state index contributed by atoms with van der Waals surface area (Å²) in [6.45, 7) is 5.26. The van der Waals surface area contributed by atoms with Gasteiger partial charge in [-0.15, -0.1) is 0 Å². The third kappa shape index (κ3) is 2.50. The van der Waals surface area contributed by atoms with Crippen molar-refractivity contribution in [3.05, 3.63) is 27.6 Å². The number of esters is 1. The molecule has 0 spiro atoms. The topological polar surface area (TPSA) is 44.1 Å². The fourth-order valence-electron chi connectivity index (χ4n) is 1.92. The minimum absolute atomic E-state index is 0.326. The van der Waals surface area contributed by atoms with E-state index in [0.29, 0.717) is 11.5 Å². The number of methoxy groups -OCH3 is 1. The quantitative estimate of drug-likeness (QED) is 0.626. The van der Waals surface area contributed by atoms with Crippen molar-refractivity contribution in [1.29, 1.82) is 0 Å². The number of rotatable bonds is 3. The zero-order valence-corrected chi connectivity index (χ0v) is 12.8. The molecule has 5 heteroatoms. The van der Waals surface area contributed by atoms with E-state index < -0.39 is 0 Å². The molecule has 2 aromatic rings. The molecular weight excluding hydrogens is 343 g/mol. The summed E-state index contributed by atoms with van der Waals surface area (Å²) in [5.74, 6) is 0.228. The molecule has 0 fully saturated rings. The van der Waals surface area contributed by atoms with Gasteiger partial charge < -0.3 is 9.30 Å². The molecule has 0 aliphatic carbocycles. The summed E-state index contributed by atoms with van der Waals surface area (Å²) in [5, 5.41) is 0. The van der Waals surface area contributed by atoms with E-state index in [9.17, 15) is 4.79 Å². The molecule has 0 saturated carbocycles. The van der Waals surface area contributed by atoms with Gasteiger partial charge >= 0.3 is 5.97 Å².